The number of thiazole rings is 1. The standard InChI is InChI=1S/C20H13FN2OS/c21-15-9-5-13(6-10-15)19(24)22-16-11-7-14(8-12-16)20-23-17-3-1-2-4-18(17)25-20/h1-12H,(H,22,24). The van der Waals surface area contributed by atoms with Gasteiger partial charge < -0.3 is 5.32 Å². The summed E-state index contributed by atoms with van der Waals surface area (Å²) in [5.74, 6) is -0.635. The van der Waals surface area contributed by atoms with E-state index in [2.05, 4.69) is 10.3 Å². The lowest BCUT2D eigenvalue weighted by Crippen LogP contribution is -2.11. The number of halogens is 1. The van der Waals surface area contributed by atoms with Crippen molar-refractivity contribution in [2.24, 2.45) is 0 Å². The SMILES string of the molecule is O=C(Nc1ccc(-c2nc3ccccc3s2)cc1)c1ccc(F)cc1. The molecule has 25 heavy (non-hydrogen) atoms. The Labute approximate surface area is 147 Å². The zero-order chi connectivity index (χ0) is 17.2. The van der Waals surface area contributed by atoms with E-state index < -0.39 is 0 Å². The topological polar surface area (TPSA) is 42.0 Å². The molecule has 1 aromatic heterocycles. The van der Waals surface area contributed by atoms with Gasteiger partial charge in [0.05, 0.1) is 10.2 Å². The van der Waals surface area contributed by atoms with Crippen molar-refractivity contribution in [2.75, 3.05) is 5.32 Å². The minimum absolute atomic E-state index is 0.271. The van der Waals surface area contributed by atoms with Gasteiger partial charge in [0.2, 0.25) is 0 Å². The van der Waals surface area contributed by atoms with E-state index in [4.69, 9.17) is 0 Å². The quantitative estimate of drug-likeness (QED) is 0.542. The van der Waals surface area contributed by atoms with Gasteiger partial charge in [-0.3, -0.25) is 4.79 Å². The molecule has 0 fully saturated rings. The fraction of sp³-hybridized carbons (Fsp3) is 0. The van der Waals surface area contributed by atoms with E-state index in [1.54, 1.807) is 11.3 Å². The highest BCUT2D eigenvalue weighted by Gasteiger charge is 2.08. The molecule has 3 nitrogen and oxygen atoms in total. The fourth-order valence-corrected chi connectivity index (χ4v) is 3.47. The highest BCUT2D eigenvalue weighted by Crippen LogP contribution is 2.30. The van der Waals surface area contributed by atoms with Gasteiger partial charge in [-0.2, -0.15) is 0 Å². The van der Waals surface area contributed by atoms with Crippen LogP contribution in [0.1, 0.15) is 10.4 Å². The lowest BCUT2D eigenvalue weighted by atomic mass is 10.2. The van der Waals surface area contributed by atoms with Crippen molar-refractivity contribution in [2.45, 2.75) is 0 Å². The second-order valence-electron chi connectivity index (χ2n) is 5.53. The van der Waals surface area contributed by atoms with Crippen LogP contribution in [0.25, 0.3) is 20.8 Å². The van der Waals surface area contributed by atoms with E-state index in [1.807, 2.05) is 48.5 Å². The van der Waals surface area contributed by atoms with Crippen molar-refractivity contribution in [3.63, 3.8) is 0 Å². The van der Waals surface area contributed by atoms with Gasteiger partial charge >= 0.3 is 0 Å². The van der Waals surface area contributed by atoms with Gasteiger partial charge in [0, 0.05) is 16.8 Å². The second kappa shape index (κ2) is 6.45. The Bertz CT molecular complexity index is 1010. The summed E-state index contributed by atoms with van der Waals surface area (Å²) in [6.45, 7) is 0. The summed E-state index contributed by atoms with van der Waals surface area (Å²) in [6, 6.07) is 21.0. The summed E-state index contributed by atoms with van der Waals surface area (Å²) < 4.78 is 14.1. The molecule has 0 saturated heterocycles. The first-order chi connectivity index (χ1) is 12.2. The molecule has 4 aromatic rings. The van der Waals surface area contributed by atoms with Crippen molar-refractivity contribution in [3.05, 3.63) is 84.2 Å². The fourth-order valence-electron chi connectivity index (χ4n) is 2.50. The molecule has 0 aliphatic rings. The maximum atomic E-state index is 12.9. The second-order valence-corrected chi connectivity index (χ2v) is 6.56. The van der Waals surface area contributed by atoms with Gasteiger partial charge in [-0.25, -0.2) is 9.37 Å². The first kappa shape index (κ1) is 15.5. The zero-order valence-corrected chi connectivity index (χ0v) is 13.9. The van der Waals surface area contributed by atoms with Crippen LogP contribution in [0.4, 0.5) is 10.1 Å². The predicted molar refractivity (Wildman–Crippen MR) is 99.4 cm³/mol. The number of fused-ring (bicyclic) bond motifs is 1. The number of hydrogen-bond acceptors (Lipinski definition) is 3. The highest BCUT2D eigenvalue weighted by atomic mass is 32.1. The Morgan fingerprint density at radius 2 is 1.64 bits per heavy atom. The number of nitrogens with one attached hydrogen (secondary N) is 1. The number of nitrogens with zero attached hydrogens (tertiary/aromatic N) is 1. The molecule has 122 valence electrons. The number of carbonyl (C=O) groups is 1. The van der Waals surface area contributed by atoms with E-state index in [0.29, 0.717) is 11.3 Å². The molecular weight excluding hydrogens is 335 g/mol. The molecule has 0 unspecified atom stereocenters. The zero-order valence-electron chi connectivity index (χ0n) is 13.1. The van der Waals surface area contributed by atoms with Crippen LogP contribution in [0.5, 0.6) is 0 Å². The van der Waals surface area contributed by atoms with Gasteiger partial charge in [0.15, 0.2) is 0 Å². The molecule has 0 aliphatic carbocycles. The molecule has 0 bridgehead atoms. The van der Waals surface area contributed by atoms with E-state index in [1.165, 1.54) is 24.3 Å². The average Bonchev–Trinajstić information content (AvgIpc) is 3.07. The average molecular weight is 348 g/mol. The summed E-state index contributed by atoms with van der Waals surface area (Å²) in [6.07, 6.45) is 0. The molecular formula is C20H13FN2OS. The minimum Gasteiger partial charge on any atom is -0.322 e. The van der Waals surface area contributed by atoms with Crippen LogP contribution in [0.3, 0.4) is 0 Å². The molecule has 0 atom stereocenters. The Morgan fingerprint density at radius 3 is 2.36 bits per heavy atom. The third kappa shape index (κ3) is 3.27. The van der Waals surface area contributed by atoms with E-state index in [0.717, 1.165) is 20.8 Å². The number of hydrogen-bond donors (Lipinski definition) is 1. The molecule has 4 rings (SSSR count). The van der Waals surface area contributed by atoms with Crippen LogP contribution in [0.15, 0.2) is 72.8 Å². The molecule has 0 spiro atoms. The molecule has 1 amide bonds. The number of carbonyl (C=O) groups excluding carboxylic acids is 1. The number of aromatic nitrogens is 1. The van der Waals surface area contributed by atoms with Crippen LogP contribution >= 0.6 is 11.3 Å². The molecule has 3 aromatic carbocycles. The molecule has 0 radical (unpaired) electrons. The largest absolute Gasteiger partial charge is 0.322 e. The van der Waals surface area contributed by atoms with E-state index in [9.17, 15) is 9.18 Å². The van der Waals surface area contributed by atoms with E-state index >= 15 is 0 Å². The minimum atomic E-state index is -0.364. The smallest absolute Gasteiger partial charge is 0.255 e. The van der Waals surface area contributed by atoms with E-state index in [-0.39, 0.29) is 11.7 Å². The summed E-state index contributed by atoms with van der Waals surface area (Å²) in [5, 5.41) is 3.75. The third-order valence-corrected chi connectivity index (χ3v) is 4.88. The molecule has 1 N–H and O–H groups in total. The van der Waals surface area contributed by atoms with Crippen LogP contribution in [-0.4, -0.2) is 10.9 Å². The van der Waals surface area contributed by atoms with Crippen molar-refractivity contribution in [3.8, 4) is 10.6 Å². The number of para-hydroxylation sites is 1. The highest BCUT2D eigenvalue weighted by molar-refractivity contribution is 7.21. The Morgan fingerprint density at radius 1 is 0.920 bits per heavy atom. The maximum Gasteiger partial charge on any atom is 0.255 e. The predicted octanol–water partition coefficient (Wildman–Crippen LogP) is 5.35. The van der Waals surface area contributed by atoms with Gasteiger partial charge in [-0.15, -0.1) is 11.3 Å². The van der Waals surface area contributed by atoms with Gasteiger partial charge in [0.25, 0.3) is 5.91 Å². The first-order valence-electron chi connectivity index (χ1n) is 7.72. The summed E-state index contributed by atoms with van der Waals surface area (Å²) >= 11 is 1.63. The molecule has 5 heteroatoms. The van der Waals surface area contributed by atoms with Gasteiger partial charge in [-0.1, -0.05) is 12.1 Å². The maximum absolute atomic E-state index is 12.9. The van der Waals surface area contributed by atoms with Crippen molar-refractivity contribution in [1.29, 1.82) is 0 Å². The van der Waals surface area contributed by atoms with Gasteiger partial charge in [-0.05, 0) is 60.7 Å². The Hall–Kier alpha value is -3.05. The monoisotopic (exact) mass is 348 g/mol. The van der Waals surface area contributed by atoms with Crippen LogP contribution in [0.2, 0.25) is 0 Å². The Kier molecular flexibility index (Phi) is 3.99. The molecule has 0 saturated carbocycles. The summed E-state index contributed by atoms with van der Waals surface area (Å²) in [4.78, 5) is 16.8. The lowest BCUT2D eigenvalue weighted by molar-refractivity contribution is 0.102. The third-order valence-electron chi connectivity index (χ3n) is 3.79. The summed E-state index contributed by atoms with van der Waals surface area (Å²) in [7, 11) is 0. The van der Waals surface area contributed by atoms with Crippen LogP contribution in [0, 0.1) is 5.82 Å². The normalized spacial score (nSPS) is 10.8. The first-order valence-corrected chi connectivity index (χ1v) is 8.54. The van der Waals surface area contributed by atoms with Crippen molar-refractivity contribution >= 4 is 33.1 Å². The van der Waals surface area contributed by atoms with Crippen molar-refractivity contribution < 1.29 is 9.18 Å². The number of anilines is 1. The van der Waals surface area contributed by atoms with Crippen LogP contribution < -0.4 is 5.32 Å². The van der Waals surface area contributed by atoms with Gasteiger partial charge in [0.1, 0.15) is 10.8 Å². The lowest BCUT2D eigenvalue weighted by Gasteiger charge is -2.06. The van der Waals surface area contributed by atoms with Crippen molar-refractivity contribution in [1.82, 2.24) is 4.98 Å². The number of rotatable bonds is 3. The number of amides is 1. The Balaban J connectivity index is 1.53. The van der Waals surface area contributed by atoms with Crippen LogP contribution in [-0.2, 0) is 0 Å². The molecule has 1 heterocycles. The summed E-state index contributed by atoms with van der Waals surface area (Å²) in [5.41, 5.74) is 3.08. The molecule has 0 aliphatic heterocycles. The number of benzene rings is 3.